The number of β-amino-alcohol motifs (C(OH)–C–C–N with tert-alkyl or cyclic N) is 1. The van der Waals surface area contributed by atoms with Crippen LogP contribution in [0, 0.1) is 12.7 Å². The molecule has 0 saturated carbocycles. The summed E-state index contributed by atoms with van der Waals surface area (Å²) in [5.74, 6) is -0.283. The third-order valence-corrected chi connectivity index (χ3v) is 4.79. The van der Waals surface area contributed by atoms with Gasteiger partial charge >= 0.3 is 0 Å². The van der Waals surface area contributed by atoms with Gasteiger partial charge in [0.2, 0.25) is 0 Å². The molecule has 0 aromatic heterocycles. The summed E-state index contributed by atoms with van der Waals surface area (Å²) in [6, 6.07) is 7.53. The maximum absolute atomic E-state index is 13.3. The van der Waals surface area contributed by atoms with E-state index in [1.165, 1.54) is 24.3 Å². The monoisotopic (exact) mass is 388 g/mol. The number of hydrogen-bond acceptors (Lipinski definition) is 5. The first kappa shape index (κ1) is 20.1. The minimum Gasteiger partial charge on any atom is -0.508 e. The van der Waals surface area contributed by atoms with Crippen molar-refractivity contribution in [2.75, 3.05) is 18.5 Å². The van der Waals surface area contributed by atoms with Crippen molar-refractivity contribution in [3.63, 3.8) is 0 Å². The molecule has 0 spiro atoms. The summed E-state index contributed by atoms with van der Waals surface area (Å²) in [7, 11) is 0. The van der Waals surface area contributed by atoms with E-state index in [0.717, 1.165) is 11.1 Å². The first-order valence-corrected chi connectivity index (χ1v) is 9.12. The van der Waals surface area contributed by atoms with Gasteiger partial charge in [-0.3, -0.25) is 4.79 Å². The predicted octanol–water partition coefficient (Wildman–Crippen LogP) is 2.81. The SMILES string of the molecule is Cc1cc(F)ccc1CC(C)(C)NC[C@H](O)c1cc(O)cc2c1OCC(=O)N2. The molecule has 6 nitrogen and oxygen atoms in total. The highest BCUT2D eigenvalue weighted by molar-refractivity contribution is 5.96. The molecule has 1 aliphatic heterocycles. The summed E-state index contributed by atoms with van der Waals surface area (Å²) >= 11 is 0. The van der Waals surface area contributed by atoms with Gasteiger partial charge in [0.25, 0.3) is 5.91 Å². The summed E-state index contributed by atoms with van der Waals surface area (Å²) in [5, 5.41) is 26.5. The van der Waals surface area contributed by atoms with E-state index < -0.39 is 6.10 Å². The molecule has 7 heteroatoms. The van der Waals surface area contributed by atoms with E-state index in [2.05, 4.69) is 10.6 Å². The number of carbonyl (C=O) groups excluding carboxylic acids is 1. The molecule has 4 N–H and O–H groups in total. The lowest BCUT2D eigenvalue weighted by atomic mass is 9.92. The Morgan fingerprint density at radius 1 is 1.32 bits per heavy atom. The van der Waals surface area contributed by atoms with Crippen molar-refractivity contribution in [2.24, 2.45) is 0 Å². The summed E-state index contributed by atoms with van der Waals surface area (Å²) in [5.41, 5.74) is 2.27. The molecule has 1 heterocycles. The Labute approximate surface area is 163 Å². The summed E-state index contributed by atoms with van der Waals surface area (Å²) in [6.07, 6.45) is -0.305. The molecule has 2 aromatic rings. The quantitative estimate of drug-likeness (QED) is 0.611. The van der Waals surface area contributed by atoms with Gasteiger partial charge in [-0.2, -0.15) is 0 Å². The van der Waals surface area contributed by atoms with Crippen LogP contribution in [0.3, 0.4) is 0 Å². The van der Waals surface area contributed by atoms with Crippen LogP contribution < -0.4 is 15.4 Å². The van der Waals surface area contributed by atoms with Crippen LogP contribution in [0.4, 0.5) is 10.1 Å². The standard InChI is InChI=1S/C21H25FN2O4/c1-12-6-14(22)5-4-13(12)9-21(2,3)23-10-18(26)16-7-15(25)8-17-20(16)28-11-19(27)24-17/h4-8,18,23,25-26H,9-11H2,1-3H3,(H,24,27)/t18-/m0/s1. The average molecular weight is 388 g/mol. The number of aliphatic hydroxyl groups is 1. The van der Waals surface area contributed by atoms with Crippen molar-refractivity contribution in [2.45, 2.75) is 38.8 Å². The Bertz CT molecular complexity index is 898. The highest BCUT2D eigenvalue weighted by Gasteiger charge is 2.26. The first-order valence-electron chi connectivity index (χ1n) is 9.12. The zero-order valence-electron chi connectivity index (χ0n) is 16.2. The number of fused-ring (bicyclic) bond motifs is 1. The second kappa shape index (κ2) is 7.77. The largest absolute Gasteiger partial charge is 0.508 e. The van der Waals surface area contributed by atoms with E-state index in [4.69, 9.17) is 4.74 Å². The topological polar surface area (TPSA) is 90.8 Å². The lowest BCUT2D eigenvalue weighted by molar-refractivity contribution is -0.118. The van der Waals surface area contributed by atoms with E-state index >= 15 is 0 Å². The lowest BCUT2D eigenvalue weighted by Gasteiger charge is -2.30. The number of phenolic OH excluding ortho intramolecular Hbond substituents is 1. The summed E-state index contributed by atoms with van der Waals surface area (Å²) in [6.45, 7) is 5.93. The molecular weight excluding hydrogens is 363 g/mol. The Morgan fingerprint density at radius 3 is 2.79 bits per heavy atom. The number of aryl methyl sites for hydroxylation is 1. The second-order valence-corrected chi connectivity index (χ2v) is 7.78. The predicted molar refractivity (Wildman–Crippen MR) is 104 cm³/mol. The Morgan fingerprint density at radius 2 is 2.07 bits per heavy atom. The van der Waals surface area contributed by atoms with Crippen LogP contribution >= 0.6 is 0 Å². The van der Waals surface area contributed by atoms with Gasteiger partial charge in [-0.25, -0.2) is 4.39 Å². The Balaban J connectivity index is 1.71. The number of halogens is 1. The van der Waals surface area contributed by atoms with Crippen LogP contribution in [0.15, 0.2) is 30.3 Å². The number of rotatable bonds is 6. The minimum absolute atomic E-state index is 0.0696. The maximum Gasteiger partial charge on any atom is 0.262 e. The molecule has 2 aromatic carbocycles. The molecular formula is C21H25FN2O4. The number of ether oxygens (including phenoxy) is 1. The molecule has 150 valence electrons. The van der Waals surface area contributed by atoms with Gasteiger partial charge < -0.3 is 25.6 Å². The van der Waals surface area contributed by atoms with Crippen molar-refractivity contribution >= 4 is 11.6 Å². The van der Waals surface area contributed by atoms with Crippen molar-refractivity contribution in [3.8, 4) is 11.5 Å². The molecule has 28 heavy (non-hydrogen) atoms. The van der Waals surface area contributed by atoms with Crippen LogP contribution in [-0.2, 0) is 11.2 Å². The normalized spacial score (nSPS) is 14.8. The number of carbonyl (C=O) groups is 1. The third-order valence-electron chi connectivity index (χ3n) is 4.79. The van der Waals surface area contributed by atoms with Crippen LogP contribution in [0.1, 0.15) is 36.6 Å². The van der Waals surface area contributed by atoms with E-state index in [9.17, 15) is 19.4 Å². The molecule has 1 aliphatic rings. The summed E-state index contributed by atoms with van der Waals surface area (Å²) in [4.78, 5) is 11.5. The first-order chi connectivity index (χ1) is 13.1. The average Bonchev–Trinajstić information content (AvgIpc) is 2.61. The number of aliphatic hydroxyl groups excluding tert-OH is 1. The number of hydrogen-bond donors (Lipinski definition) is 4. The summed E-state index contributed by atoms with van der Waals surface area (Å²) < 4.78 is 18.8. The van der Waals surface area contributed by atoms with Gasteiger partial charge in [-0.05, 0) is 56.5 Å². The van der Waals surface area contributed by atoms with Crippen LogP contribution in [0.25, 0.3) is 0 Å². The highest BCUT2D eigenvalue weighted by atomic mass is 19.1. The van der Waals surface area contributed by atoms with Crippen molar-refractivity contribution < 1.29 is 24.1 Å². The van der Waals surface area contributed by atoms with E-state index in [1.54, 1.807) is 6.07 Å². The fourth-order valence-electron chi connectivity index (χ4n) is 3.34. The fraction of sp³-hybridized carbons (Fsp3) is 0.381. The minimum atomic E-state index is -0.954. The van der Waals surface area contributed by atoms with E-state index in [0.29, 0.717) is 23.4 Å². The second-order valence-electron chi connectivity index (χ2n) is 7.78. The third kappa shape index (κ3) is 4.61. The zero-order valence-corrected chi connectivity index (χ0v) is 16.2. The van der Waals surface area contributed by atoms with Crippen molar-refractivity contribution in [3.05, 3.63) is 52.8 Å². The molecule has 3 rings (SSSR count). The molecule has 0 fully saturated rings. The fourth-order valence-corrected chi connectivity index (χ4v) is 3.34. The number of nitrogens with one attached hydrogen (secondary N) is 2. The number of amides is 1. The molecule has 0 aliphatic carbocycles. The van der Waals surface area contributed by atoms with Crippen molar-refractivity contribution in [1.29, 1.82) is 0 Å². The maximum atomic E-state index is 13.3. The number of phenols is 1. The lowest BCUT2D eigenvalue weighted by Crippen LogP contribution is -2.43. The number of anilines is 1. The number of aromatic hydroxyl groups is 1. The van der Waals surface area contributed by atoms with Gasteiger partial charge in [0, 0.05) is 23.7 Å². The van der Waals surface area contributed by atoms with E-state index in [1.807, 2.05) is 20.8 Å². The Kier molecular flexibility index (Phi) is 5.58. The molecule has 0 radical (unpaired) electrons. The molecule has 0 saturated heterocycles. The van der Waals surface area contributed by atoms with Crippen molar-refractivity contribution in [1.82, 2.24) is 5.32 Å². The number of benzene rings is 2. The highest BCUT2D eigenvalue weighted by Crippen LogP contribution is 2.38. The van der Waals surface area contributed by atoms with Gasteiger partial charge in [0.1, 0.15) is 17.3 Å². The zero-order chi connectivity index (χ0) is 20.5. The molecule has 1 atom stereocenters. The Hall–Kier alpha value is -2.64. The van der Waals surface area contributed by atoms with E-state index in [-0.39, 0.29) is 36.2 Å². The molecule has 0 unspecified atom stereocenters. The van der Waals surface area contributed by atoms with Crippen LogP contribution in [0.2, 0.25) is 0 Å². The van der Waals surface area contributed by atoms with Gasteiger partial charge in [-0.15, -0.1) is 0 Å². The molecule has 1 amide bonds. The van der Waals surface area contributed by atoms with Gasteiger partial charge in [0.05, 0.1) is 11.8 Å². The van der Waals surface area contributed by atoms with Crippen LogP contribution in [-0.4, -0.2) is 34.8 Å². The van der Waals surface area contributed by atoms with Gasteiger partial charge in [-0.1, -0.05) is 6.07 Å². The van der Waals surface area contributed by atoms with Crippen LogP contribution in [0.5, 0.6) is 11.5 Å². The smallest absolute Gasteiger partial charge is 0.262 e. The van der Waals surface area contributed by atoms with Gasteiger partial charge in [0.15, 0.2) is 6.61 Å². The molecule has 0 bridgehead atoms.